The van der Waals surface area contributed by atoms with E-state index in [9.17, 15) is 4.79 Å². The normalized spacial score (nSPS) is 17.7. The molecule has 0 bridgehead atoms. The standard InChI is InChI=1S/C23H27N5O3/c1-30-18-11-8-16(14-19(18)31-2)20(29)15-6-9-17(10-7-15)28-22(25)26-21(24)27-23(28)12-4-3-5-13-23/h6-11,14H,3-5,12-13H2,1-2H3,(H4,24,25,26,27). The lowest BCUT2D eigenvalue weighted by atomic mass is 9.87. The van der Waals surface area contributed by atoms with Gasteiger partial charge in [-0.05, 0) is 68.1 Å². The molecule has 1 aliphatic carbocycles. The third-order valence-corrected chi connectivity index (χ3v) is 5.88. The van der Waals surface area contributed by atoms with Crippen LogP contribution in [0.1, 0.15) is 48.0 Å². The Balaban J connectivity index is 1.63. The number of hydrogen-bond donors (Lipinski definition) is 2. The summed E-state index contributed by atoms with van der Waals surface area (Å²) in [6, 6.07) is 12.5. The molecule has 4 N–H and O–H groups in total. The zero-order valence-corrected chi connectivity index (χ0v) is 17.8. The molecule has 8 heteroatoms. The molecule has 2 aromatic carbocycles. The van der Waals surface area contributed by atoms with Crippen molar-refractivity contribution in [1.29, 1.82) is 0 Å². The van der Waals surface area contributed by atoms with Gasteiger partial charge in [0.25, 0.3) is 0 Å². The van der Waals surface area contributed by atoms with Gasteiger partial charge in [-0.3, -0.25) is 9.69 Å². The first-order chi connectivity index (χ1) is 15.0. The lowest BCUT2D eigenvalue weighted by molar-refractivity contribution is 0.103. The van der Waals surface area contributed by atoms with Crippen molar-refractivity contribution < 1.29 is 14.3 Å². The Morgan fingerprint density at radius 2 is 1.58 bits per heavy atom. The van der Waals surface area contributed by atoms with Gasteiger partial charge in [-0.2, -0.15) is 4.99 Å². The van der Waals surface area contributed by atoms with Gasteiger partial charge in [0.05, 0.1) is 14.2 Å². The second-order valence-electron chi connectivity index (χ2n) is 7.76. The second-order valence-corrected chi connectivity index (χ2v) is 7.76. The Kier molecular flexibility index (Phi) is 5.54. The molecule has 162 valence electrons. The highest BCUT2D eigenvalue weighted by molar-refractivity contribution is 6.10. The summed E-state index contributed by atoms with van der Waals surface area (Å²) in [6.07, 6.45) is 4.99. The van der Waals surface area contributed by atoms with Gasteiger partial charge in [0.15, 0.2) is 17.3 Å². The summed E-state index contributed by atoms with van der Waals surface area (Å²) in [4.78, 5) is 23.8. The van der Waals surface area contributed by atoms with Gasteiger partial charge >= 0.3 is 0 Å². The Bertz CT molecular complexity index is 1040. The van der Waals surface area contributed by atoms with Crippen molar-refractivity contribution in [2.75, 3.05) is 19.1 Å². The van der Waals surface area contributed by atoms with Crippen LogP contribution in [0.15, 0.2) is 52.4 Å². The van der Waals surface area contributed by atoms with Crippen LogP contribution >= 0.6 is 0 Å². The summed E-state index contributed by atoms with van der Waals surface area (Å²) >= 11 is 0. The quantitative estimate of drug-likeness (QED) is 0.717. The molecule has 0 atom stereocenters. The van der Waals surface area contributed by atoms with Gasteiger partial charge in [-0.25, -0.2) is 4.99 Å². The summed E-state index contributed by atoms with van der Waals surface area (Å²) in [6.45, 7) is 0. The molecule has 1 fully saturated rings. The van der Waals surface area contributed by atoms with Crippen LogP contribution in [-0.4, -0.2) is 37.6 Å². The van der Waals surface area contributed by atoms with Gasteiger partial charge in [0.1, 0.15) is 5.66 Å². The van der Waals surface area contributed by atoms with Crippen LogP contribution < -0.4 is 25.8 Å². The van der Waals surface area contributed by atoms with Crippen molar-refractivity contribution in [3.8, 4) is 11.5 Å². The van der Waals surface area contributed by atoms with E-state index in [1.165, 1.54) is 6.42 Å². The molecule has 1 saturated carbocycles. The zero-order valence-electron chi connectivity index (χ0n) is 17.8. The van der Waals surface area contributed by atoms with E-state index in [1.54, 1.807) is 44.6 Å². The van der Waals surface area contributed by atoms with E-state index in [0.717, 1.165) is 31.4 Å². The van der Waals surface area contributed by atoms with E-state index in [1.807, 2.05) is 17.0 Å². The predicted molar refractivity (Wildman–Crippen MR) is 121 cm³/mol. The summed E-state index contributed by atoms with van der Waals surface area (Å²) in [5.41, 5.74) is 13.6. The van der Waals surface area contributed by atoms with Crippen molar-refractivity contribution in [3.05, 3.63) is 53.6 Å². The minimum absolute atomic E-state index is 0.109. The smallest absolute Gasteiger partial charge is 0.220 e. The minimum Gasteiger partial charge on any atom is -0.493 e. The van der Waals surface area contributed by atoms with Crippen LogP contribution in [0, 0.1) is 0 Å². The Labute approximate surface area is 181 Å². The fraction of sp³-hybridized carbons (Fsp3) is 0.348. The number of carbonyl (C=O) groups excluding carboxylic acids is 1. The number of ether oxygens (including phenoxy) is 2. The maximum absolute atomic E-state index is 13.0. The topological polar surface area (TPSA) is 116 Å². The second kappa shape index (κ2) is 8.29. The highest BCUT2D eigenvalue weighted by Crippen LogP contribution is 2.39. The van der Waals surface area contributed by atoms with Crippen LogP contribution in [0.3, 0.4) is 0 Å². The highest BCUT2D eigenvalue weighted by atomic mass is 16.5. The van der Waals surface area contributed by atoms with E-state index < -0.39 is 5.66 Å². The van der Waals surface area contributed by atoms with Crippen LogP contribution in [-0.2, 0) is 0 Å². The number of nitrogens with zero attached hydrogens (tertiary/aromatic N) is 3. The van der Waals surface area contributed by atoms with Crippen LogP contribution in [0.2, 0.25) is 0 Å². The molecule has 1 aliphatic heterocycles. The van der Waals surface area contributed by atoms with E-state index in [2.05, 4.69) is 9.98 Å². The highest BCUT2D eigenvalue weighted by Gasteiger charge is 2.42. The molecular formula is C23H27N5O3. The van der Waals surface area contributed by atoms with Crippen molar-refractivity contribution >= 4 is 23.4 Å². The van der Waals surface area contributed by atoms with Gasteiger partial charge < -0.3 is 20.9 Å². The maximum Gasteiger partial charge on any atom is 0.220 e. The fourth-order valence-corrected chi connectivity index (χ4v) is 4.40. The molecule has 2 aliphatic rings. The van der Waals surface area contributed by atoms with Crippen LogP contribution in [0.4, 0.5) is 5.69 Å². The van der Waals surface area contributed by atoms with Gasteiger partial charge in [0, 0.05) is 16.8 Å². The van der Waals surface area contributed by atoms with Crippen molar-refractivity contribution in [1.82, 2.24) is 0 Å². The van der Waals surface area contributed by atoms with E-state index in [4.69, 9.17) is 20.9 Å². The Hall–Kier alpha value is -3.55. The monoisotopic (exact) mass is 421 g/mol. The van der Waals surface area contributed by atoms with E-state index in [-0.39, 0.29) is 11.7 Å². The fourth-order valence-electron chi connectivity index (χ4n) is 4.40. The number of rotatable bonds is 5. The first kappa shape index (κ1) is 20.7. The molecule has 0 aromatic heterocycles. The van der Waals surface area contributed by atoms with Gasteiger partial charge in [-0.1, -0.05) is 6.42 Å². The third kappa shape index (κ3) is 3.81. The summed E-state index contributed by atoms with van der Waals surface area (Å²) in [7, 11) is 3.10. The number of carbonyl (C=O) groups is 1. The number of anilines is 1. The molecule has 0 amide bonds. The minimum atomic E-state index is -0.511. The predicted octanol–water partition coefficient (Wildman–Crippen LogP) is 3.04. The molecule has 0 saturated heterocycles. The number of methoxy groups -OCH3 is 2. The summed E-state index contributed by atoms with van der Waals surface area (Å²) in [5.74, 6) is 1.52. The average molecular weight is 422 g/mol. The Morgan fingerprint density at radius 3 is 2.23 bits per heavy atom. The summed E-state index contributed by atoms with van der Waals surface area (Å²) < 4.78 is 10.6. The van der Waals surface area contributed by atoms with Gasteiger partial charge in [0.2, 0.25) is 11.9 Å². The third-order valence-electron chi connectivity index (χ3n) is 5.88. The Morgan fingerprint density at radius 1 is 0.935 bits per heavy atom. The number of benzene rings is 2. The lowest BCUT2D eigenvalue weighted by Gasteiger charge is -2.45. The largest absolute Gasteiger partial charge is 0.493 e. The van der Waals surface area contributed by atoms with E-state index >= 15 is 0 Å². The number of hydrogen-bond acceptors (Lipinski definition) is 8. The van der Waals surface area contributed by atoms with Crippen LogP contribution in [0.5, 0.6) is 11.5 Å². The molecular weight excluding hydrogens is 394 g/mol. The summed E-state index contributed by atoms with van der Waals surface area (Å²) in [5, 5.41) is 0. The number of aliphatic imine (C=N–C) groups is 2. The van der Waals surface area contributed by atoms with E-state index in [0.29, 0.717) is 28.6 Å². The molecule has 4 rings (SSSR count). The number of guanidine groups is 2. The average Bonchev–Trinajstić information content (AvgIpc) is 2.78. The SMILES string of the molecule is COc1ccc(C(=O)c2ccc(N3C(N)=NC(N)=NC34CCCCC4)cc2)cc1OC. The molecule has 1 spiro atoms. The number of nitrogens with two attached hydrogens (primary N) is 2. The lowest BCUT2D eigenvalue weighted by Crippen LogP contribution is -2.58. The number of ketones is 1. The van der Waals surface area contributed by atoms with Crippen molar-refractivity contribution in [2.24, 2.45) is 21.5 Å². The van der Waals surface area contributed by atoms with Gasteiger partial charge in [-0.15, -0.1) is 0 Å². The molecule has 0 radical (unpaired) electrons. The molecule has 0 unspecified atom stereocenters. The molecule has 2 aromatic rings. The zero-order chi connectivity index (χ0) is 22.0. The van der Waals surface area contributed by atoms with Crippen molar-refractivity contribution in [2.45, 2.75) is 37.8 Å². The first-order valence-electron chi connectivity index (χ1n) is 10.3. The molecule has 1 heterocycles. The maximum atomic E-state index is 13.0. The molecule has 8 nitrogen and oxygen atoms in total. The van der Waals surface area contributed by atoms with Crippen LogP contribution in [0.25, 0.3) is 0 Å². The van der Waals surface area contributed by atoms with Crippen molar-refractivity contribution in [3.63, 3.8) is 0 Å². The molecule has 31 heavy (non-hydrogen) atoms. The first-order valence-corrected chi connectivity index (χ1v) is 10.3.